The molecule has 7 nitrogen and oxygen atoms in total. The first-order valence-electron chi connectivity index (χ1n) is 8.31. The number of amides is 1. The Morgan fingerprint density at radius 1 is 1.38 bits per heavy atom. The molecule has 1 N–H and O–H groups in total. The van der Waals surface area contributed by atoms with Gasteiger partial charge in [0, 0.05) is 12.5 Å². The molecule has 0 unspecified atom stereocenters. The fraction of sp³-hybridized carbons (Fsp3) is 0.625. The Hall–Kier alpha value is -1.80. The SMILES string of the molecule is Cc1cc(COCC(=O)Nc2nnc(CC3CCCCC3)s2)on1. The van der Waals surface area contributed by atoms with Gasteiger partial charge >= 0.3 is 0 Å². The third-order valence-electron chi connectivity index (χ3n) is 4.06. The summed E-state index contributed by atoms with van der Waals surface area (Å²) in [6.07, 6.45) is 7.49. The van der Waals surface area contributed by atoms with Crippen LogP contribution in [0.25, 0.3) is 0 Å². The van der Waals surface area contributed by atoms with E-state index in [2.05, 4.69) is 20.7 Å². The summed E-state index contributed by atoms with van der Waals surface area (Å²) in [5, 5.41) is 16.2. The van der Waals surface area contributed by atoms with Gasteiger partial charge in [0.15, 0.2) is 5.76 Å². The van der Waals surface area contributed by atoms with Gasteiger partial charge in [-0.2, -0.15) is 0 Å². The highest BCUT2D eigenvalue weighted by atomic mass is 32.1. The van der Waals surface area contributed by atoms with Gasteiger partial charge in [0.1, 0.15) is 18.2 Å². The second-order valence-electron chi connectivity index (χ2n) is 6.18. The lowest BCUT2D eigenvalue weighted by Gasteiger charge is -2.19. The summed E-state index contributed by atoms with van der Waals surface area (Å²) >= 11 is 1.45. The van der Waals surface area contributed by atoms with Crippen LogP contribution in [-0.2, 0) is 22.6 Å². The van der Waals surface area contributed by atoms with Gasteiger partial charge in [0.05, 0.1) is 5.69 Å². The van der Waals surface area contributed by atoms with Crippen LogP contribution in [0.2, 0.25) is 0 Å². The van der Waals surface area contributed by atoms with E-state index < -0.39 is 0 Å². The van der Waals surface area contributed by atoms with Crippen molar-refractivity contribution in [1.29, 1.82) is 0 Å². The molecule has 2 aromatic heterocycles. The van der Waals surface area contributed by atoms with Gasteiger partial charge in [0.25, 0.3) is 5.91 Å². The van der Waals surface area contributed by atoms with Gasteiger partial charge in [-0.15, -0.1) is 10.2 Å². The third-order valence-corrected chi connectivity index (χ3v) is 4.92. The van der Waals surface area contributed by atoms with Gasteiger partial charge in [-0.05, 0) is 12.8 Å². The molecular weight excluding hydrogens is 328 g/mol. The number of aromatic nitrogens is 3. The number of anilines is 1. The quantitative estimate of drug-likeness (QED) is 0.825. The van der Waals surface area contributed by atoms with Crippen molar-refractivity contribution < 1.29 is 14.1 Å². The highest BCUT2D eigenvalue weighted by molar-refractivity contribution is 7.15. The Kier molecular flexibility index (Phi) is 5.92. The number of hydrogen-bond donors (Lipinski definition) is 1. The summed E-state index contributed by atoms with van der Waals surface area (Å²) < 4.78 is 10.3. The topological polar surface area (TPSA) is 90.1 Å². The zero-order valence-corrected chi connectivity index (χ0v) is 14.6. The molecule has 130 valence electrons. The summed E-state index contributed by atoms with van der Waals surface area (Å²) in [7, 11) is 0. The van der Waals surface area contributed by atoms with Crippen LogP contribution in [0.3, 0.4) is 0 Å². The van der Waals surface area contributed by atoms with Gasteiger partial charge in [-0.1, -0.05) is 48.6 Å². The van der Waals surface area contributed by atoms with E-state index in [9.17, 15) is 4.79 Å². The van der Waals surface area contributed by atoms with Gasteiger partial charge < -0.3 is 9.26 Å². The number of rotatable bonds is 7. The summed E-state index contributed by atoms with van der Waals surface area (Å²) in [4.78, 5) is 11.9. The molecule has 3 rings (SSSR count). The van der Waals surface area contributed by atoms with Crippen LogP contribution >= 0.6 is 11.3 Å². The molecule has 0 aromatic carbocycles. The van der Waals surface area contributed by atoms with Crippen molar-refractivity contribution in [3.63, 3.8) is 0 Å². The lowest BCUT2D eigenvalue weighted by molar-refractivity contribution is -0.121. The molecule has 1 aliphatic carbocycles. The molecule has 0 aliphatic heterocycles. The first-order valence-corrected chi connectivity index (χ1v) is 9.13. The summed E-state index contributed by atoms with van der Waals surface area (Å²) in [5.41, 5.74) is 0.789. The fourth-order valence-corrected chi connectivity index (χ4v) is 3.78. The number of nitrogens with one attached hydrogen (secondary N) is 1. The molecule has 0 atom stereocenters. The molecule has 0 bridgehead atoms. The third kappa shape index (κ3) is 5.10. The molecule has 2 aromatic rings. The Morgan fingerprint density at radius 2 is 2.21 bits per heavy atom. The Morgan fingerprint density at radius 3 is 2.96 bits per heavy atom. The number of carbonyl (C=O) groups is 1. The molecule has 24 heavy (non-hydrogen) atoms. The van der Waals surface area contributed by atoms with Gasteiger partial charge in [-0.25, -0.2) is 0 Å². The van der Waals surface area contributed by atoms with E-state index in [1.54, 1.807) is 6.07 Å². The second kappa shape index (κ2) is 8.34. The Balaban J connectivity index is 1.39. The average molecular weight is 350 g/mol. The molecule has 8 heteroatoms. The van der Waals surface area contributed by atoms with E-state index in [0.717, 1.165) is 17.1 Å². The number of nitrogens with zero attached hydrogens (tertiary/aromatic N) is 3. The molecule has 2 heterocycles. The van der Waals surface area contributed by atoms with Crippen LogP contribution in [0.4, 0.5) is 5.13 Å². The first kappa shape index (κ1) is 17.0. The maximum atomic E-state index is 11.9. The minimum Gasteiger partial charge on any atom is -0.364 e. The predicted molar refractivity (Wildman–Crippen MR) is 89.7 cm³/mol. The zero-order valence-electron chi connectivity index (χ0n) is 13.8. The van der Waals surface area contributed by atoms with E-state index in [1.807, 2.05) is 6.92 Å². The highest BCUT2D eigenvalue weighted by Crippen LogP contribution is 2.28. The van der Waals surface area contributed by atoms with Crippen molar-refractivity contribution >= 4 is 22.4 Å². The van der Waals surface area contributed by atoms with Crippen LogP contribution in [0.5, 0.6) is 0 Å². The summed E-state index contributed by atoms with van der Waals surface area (Å²) in [6, 6.07) is 1.78. The maximum Gasteiger partial charge on any atom is 0.252 e. The van der Waals surface area contributed by atoms with Crippen molar-refractivity contribution in [2.75, 3.05) is 11.9 Å². The van der Waals surface area contributed by atoms with Crippen LogP contribution in [0, 0.1) is 12.8 Å². The van der Waals surface area contributed by atoms with E-state index in [0.29, 0.717) is 16.8 Å². The van der Waals surface area contributed by atoms with Crippen LogP contribution < -0.4 is 5.32 Å². The minimum absolute atomic E-state index is 0.0582. The van der Waals surface area contributed by atoms with Crippen molar-refractivity contribution in [1.82, 2.24) is 15.4 Å². The molecule has 0 saturated heterocycles. The largest absolute Gasteiger partial charge is 0.364 e. The van der Waals surface area contributed by atoms with Crippen molar-refractivity contribution in [2.24, 2.45) is 5.92 Å². The van der Waals surface area contributed by atoms with E-state index >= 15 is 0 Å². The summed E-state index contributed by atoms with van der Waals surface area (Å²) in [6.45, 7) is 1.99. The second-order valence-corrected chi connectivity index (χ2v) is 7.25. The van der Waals surface area contributed by atoms with Crippen LogP contribution in [0.1, 0.15) is 48.6 Å². The van der Waals surface area contributed by atoms with Crippen LogP contribution in [0.15, 0.2) is 10.6 Å². The average Bonchev–Trinajstić information content (AvgIpc) is 3.17. The van der Waals surface area contributed by atoms with E-state index in [1.165, 1.54) is 43.4 Å². The standard InChI is InChI=1S/C16H22N4O3S/c1-11-7-13(23-20-11)9-22-10-14(21)17-16-19-18-15(24-16)8-12-5-3-2-4-6-12/h7,12H,2-6,8-10H2,1H3,(H,17,19,21). The van der Waals surface area contributed by atoms with E-state index in [4.69, 9.17) is 9.26 Å². The number of ether oxygens (including phenoxy) is 1. The Labute approximate surface area is 144 Å². The van der Waals surface area contributed by atoms with Crippen LogP contribution in [-0.4, -0.2) is 27.9 Å². The molecule has 1 amide bonds. The fourth-order valence-electron chi connectivity index (χ4n) is 2.91. The molecule has 0 spiro atoms. The lowest BCUT2D eigenvalue weighted by atomic mass is 9.87. The molecule has 1 saturated carbocycles. The lowest BCUT2D eigenvalue weighted by Crippen LogP contribution is -2.18. The number of carbonyl (C=O) groups excluding carboxylic acids is 1. The number of aryl methyl sites for hydroxylation is 1. The molecule has 1 fully saturated rings. The minimum atomic E-state index is -0.244. The zero-order chi connectivity index (χ0) is 16.8. The normalized spacial score (nSPS) is 15.5. The van der Waals surface area contributed by atoms with E-state index in [-0.39, 0.29) is 19.1 Å². The smallest absolute Gasteiger partial charge is 0.252 e. The molecular formula is C16H22N4O3S. The first-order chi connectivity index (χ1) is 11.7. The molecule has 1 aliphatic rings. The monoisotopic (exact) mass is 350 g/mol. The van der Waals surface area contributed by atoms with Gasteiger partial charge in [-0.3, -0.25) is 10.1 Å². The van der Waals surface area contributed by atoms with Crippen molar-refractivity contribution in [3.8, 4) is 0 Å². The van der Waals surface area contributed by atoms with Gasteiger partial charge in [0.2, 0.25) is 5.13 Å². The Bertz CT molecular complexity index is 664. The maximum absolute atomic E-state index is 11.9. The molecule has 0 radical (unpaired) electrons. The van der Waals surface area contributed by atoms with Crippen molar-refractivity contribution in [2.45, 2.75) is 52.1 Å². The highest BCUT2D eigenvalue weighted by Gasteiger charge is 2.17. The summed E-state index contributed by atoms with van der Waals surface area (Å²) in [5.74, 6) is 1.07. The van der Waals surface area contributed by atoms with Crippen molar-refractivity contribution in [3.05, 3.63) is 22.5 Å². The predicted octanol–water partition coefficient (Wildman–Crippen LogP) is 3.11. The number of hydrogen-bond acceptors (Lipinski definition) is 7.